The highest BCUT2D eigenvalue weighted by Crippen LogP contribution is 2.24. The van der Waals surface area contributed by atoms with Crippen LogP contribution in [-0.4, -0.2) is 53.6 Å². The summed E-state index contributed by atoms with van der Waals surface area (Å²) in [4.78, 5) is 32.7. The van der Waals surface area contributed by atoms with Crippen molar-refractivity contribution in [2.24, 2.45) is 0 Å². The SMILES string of the molecule is Cc1ccc(N2CCN(CC(=O)NC3CCC(Oc4ccc(C#N)cn4)CC3)C2=O)cc1. The average Bonchev–Trinajstić information content (AvgIpc) is 3.16. The minimum Gasteiger partial charge on any atom is -0.474 e. The van der Waals surface area contributed by atoms with E-state index in [4.69, 9.17) is 10.00 Å². The summed E-state index contributed by atoms with van der Waals surface area (Å²) in [5.74, 6) is 0.393. The Morgan fingerprint density at radius 2 is 1.91 bits per heavy atom. The molecule has 4 rings (SSSR count). The van der Waals surface area contributed by atoms with Gasteiger partial charge < -0.3 is 15.0 Å². The summed E-state index contributed by atoms with van der Waals surface area (Å²) in [5, 5.41) is 11.9. The lowest BCUT2D eigenvalue weighted by molar-refractivity contribution is -0.122. The Labute approximate surface area is 187 Å². The van der Waals surface area contributed by atoms with Crippen LogP contribution in [0, 0.1) is 18.3 Å². The van der Waals surface area contributed by atoms with Gasteiger partial charge >= 0.3 is 6.03 Å². The molecule has 1 N–H and O–H groups in total. The summed E-state index contributed by atoms with van der Waals surface area (Å²) in [7, 11) is 0. The first-order valence-corrected chi connectivity index (χ1v) is 11.0. The van der Waals surface area contributed by atoms with Gasteiger partial charge in [-0.15, -0.1) is 0 Å². The molecule has 0 radical (unpaired) electrons. The highest BCUT2D eigenvalue weighted by Gasteiger charge is 2.31. The number of anilines is 1. The Morgan fingerprint density at radius 1 is 1.16 bits per heavy atom. The number of benzene rings is 1. The van der Waals surface area contributed by atoms with Crippen LogP contribution >= 0.6 is 0 Å². The number of aromatic nitrogens is 1. The number of nitriles is 1. The van der Waals surface area contributed by atoms with Crippen LogP contribution in [0.25, 0.3) is 0 Å². The van der Waals surface area contributed by atoms with Crippen molar-refractivity contribution >= 4 is 17.6 Å². The number of hydrogen-bond donors (Lipinski definition) is 1. The fraction of sp³-hybridized carbons (Fsp3) is 0.417. The number of carbonyl (C=O) groups excluding carboxylic acids is 2. The Hall–Kier alpha value is -3.60. The van der Waals surface area contributed by atoms with Gasteiger partial charge in [0.1, 0.15) is 18.7 Å². The minimum absolute atomic E-state index is 0.0480. The topological polar surface area (TPSA) is 98.6 Å². The molecule has 1 aromatic carbocycles. The van der Waals surface area contributed by atoms with E-state index in [1.54, 1.807) is 21.9 Å². The highest BCUT2D eigenvalue weighted by molar-refractivity contribution is 5.96. The lowest BCUT2D eigenvalue weighted by atomic mass is 9.93. The van der Waals surface area contributed by atoms with Gasteiger partial charge in [0.25, 0.3) is 0 Å². The van der Waals surface area contributed by atoms with Gasteiger partial charge in [-0.05, 0) is 50.8 Å². The van der Waals surface area contributed by atoms with Gasteiger partial charge in [0, 0.05) is 37.1 Å². The number of carbonyl (C=O) groups is 2. The second kappa shape index (κ2) is 9.69. The van der Waals surface area contributed by atoms with Crippen LogP contribution in [0.15, 0.2) is 42.6 Å². The van der Waals surface area contributed by atoms with E-state index in [0.29, 0.717) is 24.5 Å². The van der Waals surface area contributed by atoms with Crippen molar-refractivity contribution in [2.45, 2.75) is 44.8 Å². The van der Waals surface area contributed by atoms with Gasteiger partial charge in [0.05, 0.1) is 5.56 Å². The Balaban J connectivity index is 1.21. The number of aryl methyl sites for hydroxylation is 1. The number of ether oxygens (including phenoxy) is 1. The molecule has 1 aromatic heterocycles. The van der Waals surface area contributed by atoms with Crippen LogP contribution in [0.1, 0.15) is 36.8 Å². The number of pyridine rings is 1. The summed E-state index contributed by atoms with van der Waals surface area (Å²) in [6, 6.07) is 13.2. The largest absolute Gasteiger partial charge is 0.474 e. The summed E-state index contributed by atoms with van der Waals surface area (Å²) < 4.78 is 5.90. The van der Waals surface area contributed by atoms with E-state index in [0.717, 1.165) is 36.9 Å². The molecular weight excluding hydrogens is 406 g/mol. The molecular formula is C24H27N5O3. The predicted molar refractivity (Wildman–Crippen MR) is 119 cm³/mol. The molecule has 166 valence electrons. The van der Waals surface area contributed by atoms with Crippen molar-refractivity contribution in [3.05, 3.63) is 53.7 Å². The molecule has 1 aliphatic carbocycles. The first-order chi connectivity index (χ1) is 15.5. The van der Waals surface area contributed by atoms with Gasteiger partial charge in [-0.1, -0.05) is 17.7 Å². The van der Waals surface area contributed by atoms with Gasteiger partial charge in [0.15, 0.2) is 0 Å². The standard InChI is InChI=1S/C24H27N5O3/c1-17-2-7-20(8-3-17)29-13-12-28(24(29)31)16-22(30)27-19-5-9-21(10-6-19)32-23-11-4-18(14-25)15-26-23/h2-4,7-8,11,15,19,21H,5-6,9-10,12-13,16H2,1H3,(H,27,30). The maximum absolute atomic E-state index is 12.7. The van der Waals surface area contributed by atoms with Crippen LogP contribution in [0.4, 0.5) is 10.5 Å². The molecule has 0 bridgehead atoms. The van der Waals surface area contributed by atoms with E-state index >= 15 is 0 Å². The van der Waals surface area contributed by atoms with E-state index < -0.39 is 0 Å². The third kappa shape index (κ3) is 5.17. The Bertz CT molecular complexity index is 992. The second-order valence-electron chi connectivity index (χ2n) is 8.35. The molecule has 2 fully saturated rings. The molecule has 2 heterocycles. The molecule has 1 saturated carbocycles. The molecule has 0 spiro atoms. The zero-order valence-corrected chi connectivity index (χ0v) is 18.2. The zero-order valence-electron chi connectivity index (χ0n) is 18.2. The summed E-state index contributed by atoms with van der Waals surface area (Å²) in [6.45, 7) is 3.21. The lowest BCUT2D eigenvalue weighted by Gasteiger charge is -2.29. The van der Waals surface area contributed by atoms with Crippen molar-refractivity contribution in [1.82, 2.24) is 15.2 Å². The number of nitrogens with zero attached hydrogens (tertiary/aromatic N) is 4. The highest BCUT2D eigenvalue weighted by atomic mass is 16.5. The van der Waals surface area contributed by atoms with Gasteiger partial charge in [0.2, 0.25) is 11.8 Å². The summed E-state index contributed by atoms with van der Waals surface area (Å²) in [5.41, 5.74) is 2.51. The Kier molecular flexibility index (Phi) is 6.55. The first kappa shape index (κ1) is 21.6. The second-order valence-corrected chi connectivity index (χ2v) is 8.35. The molecule has 2 aromatic rings. The lowest BCUT2D eigenvalue weighted by Crippen LogP contribution is -2.45. The van der Waals surface area contributed by atoms with Gasteiger partial charge in [-0.2, -0.15) is 5.26 Å². The smallest absolute Gasteiger partial charge is 0.325 e. The van der Waals surface area contributed by atoms with Crippen LogP contribution < -0.4 is 15.0 Å². The van der Waals surface area contributed by atoms with Crippen LogP contribution in [-0.2, 0) is 4.79 Å². The van der Waals surface area contributed by atoms with E-state index in [1.165, 1.54) is 6.20 Å². The summed E-state index contributed by atoms with van der Waals surface area (Å²) >= 11 is 0. The van der Waals surface area contributed by atoms with E-state index in [9.17, 15) is 9.59 Å². The van der Waals surface area contributed by atoms with Gasteiger partial charge in [-0.3, -0.25) is 9.69 Å². The van der Waals surface area contributed by atoms with E-state index in [2.05, 4.69) is 10.3 Å². The number of nitrogens with one attached hydrogen (secondary N) is 1. The van der Waals surface area contributed by atoms with Crippen molar-refractivity contribution in [3.8, 4) is 11.9 Å². The normalized spacial score (nSPS) is 20.7. The predicted octanol–water partition coefficient (Wildman–Crippen LogP) is 3.01. The van der Waals surface area contributed by atoms with Crippen LogP contribution in [0.2, 0.25) is 0 Å². The maximum Gasteiger partial charge on any atom is 0.325 e. The molecule has 0 atom stereocenters. The number of amides is 3. The van der Waals surface area contributed by atoms with E-state index in [1.807, 2.05) is 37.3 Å². The number of hydrogen-bond acceptors (Lipinski definition) is 5. The number of urea groups is 1. The quantitative estimate of drug-likeness (QED) is 0.755. The number of rotatable bonds is 6. The molecule has 3 amide bonds. The maximum atomic E-state index is 12.7. The molecule has 32 heavy (non-hydrogen) atoms. The van der Waals surface area contributed by atoms with Crippen LogP contribution in [0.5, 0.6) is 5.88 Å². The Morgan fingerprint density at radius 3 is 2.56 bits per heavy atom. The average molecular weight is 434 g/mol. The molecule has 1 saturated heterocycles. The zero-order chi connectivity index (χ0) is 22.5. The molecule has 8 heteroatoms. The monoisotopic (exact) mass is 433 g/mol. The van der Waals surface area contributed by atoms with Gasteiger partial charge in [-0.25, -0.2) is 9.78 Å². The fourth-order valence-electron chi connectivity index (χ4n) is 4.15. The molecule has 0 unspecified atom stereocenters. The molecule has 1 aliphatic heterocycles. The minimum atomic E-state index is -0.129. The third-order valence-corrected chi connectivity index (χ3v) is 5.97. The fourth-order valence-corrected chi connectivity index (χ4v) is 4.15. The third-order valence-electron chi connectivity index (χ3n) is 5.97. The van der Waals surface area contributed by atoms with Crippen LogP contribution in [0.3, 0.4) is 0 Å². The van der Waals surface area contributed by atoms with Crippen molar-refractivity contribution in [2.75, 3.05) is 24.5 Å². The van der Waals surface area contributed by atoms with Crippen molar-refractivity contribution in [1.29, 1.82) is 5.26 Å². The van der Waals surface area contributed by atoms with Crippen molar-refractivity contribution < 1.29 is 14.3 Å². The van der Waals surface area contributed by atoms with E-state index in [-0.39, 0.29) is 30.6 Å². The molecule has 2 aliphatic rings. The summed E-state index contributed by atoms with van der Waals surface area (Å²) in [6.07, 6.45) is 4.81. The van der Waals surface area contributed by atoms with Crippen molar-refractivity contribution in [3.63, 3.8) is 0 Å². The first-order valence-electron chi connectivity index (χ1n) is 11.0. The molecule has 8 nitrogen and oxygen atoms in total.